The largest absolute Gasteiger partial charge is 0.431 e. The minimum atomic E-state index is -6.40. The second kappa shape index (κ2) is 6.51. The quantitative estimate of drug-likeness (QED) is 0.335. The van der Waals surface area contributed by atoms with E-state index >= 15 is 0 Å². The van der Waals surface area contributed by atoms with E-state index in [0.29, 0.717) is 19.3 Å². The Morgan fingerprint density at radius 2 is 1.70 bits per heavy atom. The Morgan fingerprint density at radius 1 is 1.15 bits per heavy atom. The second-order valence-corrected chi connectivity index (χ2v) is 10.9. The first-order chi connectivity index (χ1) is 11.9. The molecule has 2 aliphatic carbocycles. The zero-order valence-corrected chi connectivity index (χ0v) is 16.3. The van der Waals surface area contributed by atoms with Gasteiger partial charge in [0.25, 0.3) is 10.1 Å². The molecule has 160 valence electrons. The highest BCUT2D eigenvalue weighted by Gasteiger charge is 2.66. The summed E-state index contributed by atoms with van der Waals surface area (Å²) in [6, 6.07) is 0. The summed E-state index contributed by atoms with van der Waals surface area (Å²) in [5.74, 6) is -5.80. The molecule has 13 heteroatoms. The molecule has 2 aliphatic rings. The lowest BCUT2D eigenvalue weighted by atomic mass is 9.70. The zero-order chi connectivity index (χ0) is 21.1. The molecule has 2 rings (SSSR count). The van der Waals surface area contributed by atoms with Crippen molar-refractivity contribution in [2.45, 2.75) is 56.8 Å². The third-order valence-electron chi connectivity index (χ3n) is 6.25. The maximum atomic E-state index is 13.4. The van der Waals surface area contributed by atoms with Crippen LogP contribution in [-0.4, -0.2) is 56.1 Å². The Hall–Kier alpha value is -0.500. The lowest BCUT2D eigenvalue weighted by molar-refractivity contribution is -0.167. The number of alkyl halides is 4. The molecule has 0 spiro atoms. The molecule has 3 atom stereocenters. The molecular weight excluding hydrogens is 420 g/mol. The molecule has 2 N–H and O–H groups in total. The van der Waals surface area contributed by atoms with Gasteiger partial charge in [0, 0.05) is 11.8 Å². The Kier molecular flexibility index (Phi) is 5.49. The first-order valence-electron chi connectivity index (χ1n) is 8.17. The van der Waals surface area contributed by atoms with E-state index in [9.17, 15) is 39.5 Å². The van der Waals surface area contributed by atoms with Crippen LogP contribution in [0.25, 0.3) is 0 Å². The first-order valence-corrected chi connectivity index (χ1v) is 11.2. The summed E-state index contributed by atoms with van der Waals surface area (Å²) in [5, 5.41) is 4.50. The minimum Gasteiger partial charge on any atom is -0.392 e. The monoisotopic (exact) mass is 442 g/mol. The van der Waals surface area contributed by atoms with Gasteiger partial charge in [0.2, 0.25) is 0 Å². The predicted octanol–water partition coefficient (Wildman–Crippen LogP) is 2.03. The average Bonchev–Trinajstić information content (AvgIpc) is 2.78. The van der Waals surface area contributed by atoms with E-state index in [1.165, 1.54) is 0 Å². The molecule has 7 nitrogen and oxygen atoms in total. The van der Waals surface area contributed by atoms with Crippen molar-refractivity contribution in [3.05, 3.63) is 0 Å². The number of aliphatic hydroxyl groups excluding tert-OH is 1. The van der Waals surface area contributed by atoms with E-state index in [2.05, 4.69) is 4.18 Å². The van der Waals surface area contributed by atoms with Crippen LogP contribution >= 0.6 is 0 Å². The number of aliphatic hydroxyl groups is 1. The van der Waals surface area contributed by atoms with Crippen molar-refractivity contribution in [2.75, 3.05) is 12.4 Å². The molecular formula is C14H22F4O7S2. The standard InChI is InChI=1S/C14H22F4O7S2/c1-11(2)9-3-4-12(11,10(19)7-9)8-26(20,21)25-6-5-13(15,16)14(17,18)27(22,23)24/h9-10,19H,3-8H2,1-2H3,(H,22,23,24). The first kappa shape index (κ1) is 22.8. The van der Waals surface area contributed by atoms with Crippen LogP contribution in [0.15, 0.2) is 0 Å². The minimum absolute atomic E-state index is 0.0977. The molecule has 0 amide bonds. The number of hydrogen-bond acceptors (Lipinski definition) is 6. The molecule has 2 fully saturated rings. The van der Waals surface area contributed by atoms with E-state index in [1.54, 1.807) is 13.8 Å². The summed E-state index contributed by atoms with van der Waals surface area (Å²) >= 11 is 0. The zero-order valence-electron chi connectivity index (χ0n) is 14.7. The van der Waals surface area contributed by atoms with Crippen molar-refractivity contribution in [3.8, 4) is 0 Å². The summed E-state index contributed by atoms with van der Waals surface area (Å²) in [6.07, 6.45) is -1.37. The summed E-state index contributed by atoms with van der Waals surface area (Å²) < 4.78 is 111. The summed E-state index contributed by atoms with van der Waals surface area (Å²) in [6.45, 7) is 2.20. The number of fused-ring (bicyclic) bond motifs is 2. The Bertz CT molecular complexity index is 794. The van der Waals surface area contributed by atoms with Crippen molar-refractivity contribution in [2.24, 2.45) is 16.7 Å². The lowest BCUT2D eigenvalue weighted by Gasteiger charge is -2.39. The van der Waals surface area contributed by atoms with Crippen LogP contribution in [0.4, 0.5) is 17.6 Å². The van der Waals surface area contributed by atoms with Gasteiger partial charge in [0.15, 0.2) is 0 Å². The molecule has 0 radical (unpaired) electrons. The van der Waals surface area contributed by atoms with Crippen LogP contribution in [-0.2, 0) is 24.4 Å². The second-order valence-electron chi connectivity index (χ2n) is 7.84. The highest BCUT2D eigenvalue weighted by atomic mass is 32.2. The van der Waals surface area contributed by atoms with Gasteiger partial charge in [-0.25, -0.2) is 0 Å². The van der Waals surface area contributed by atoms with Crippen LogP contribution < -0.4 is 0 Å². The molecule has 0 aliphatic heterocycles. The van der Waals surface area contributed by atoms with Crippen molar-refractivity contribution < 1.29 is 48.2 Å². The topological polar surface area (TPSA) is 118 Å². The third-order valence-corrected chi connectivity index (χ3v) is 8.59. The summed E-state index contributed by atoms with van der Waals surface area (Å²) in [7, 11) is -10.9. The highest BCUT2D eigenvalue weighted by Crippen LogP contribution is 2.66. The molecule has 3 unspecified atom stereocenters. The van der Waals surface area contributed by atoms with E-state index in [4.69, 9.17) is 4.55 Å². The van der Waals surface area contributed by atoms with Gasteiger partial charge in [-0.15, -0.1) is 0 Å². The third kappa shape index (κ3) is 3.61. The van der Waals surface area contributed by atoms with Gasteiger partial charge in [-0.3, -0.25) is 8.74 Å². The van der Waals surface area contributed by atoms with Gasteiger partial charge in [-0.05, 0) is 30.6 Å². The van der Waals surface area contributed by atoms with Gasteiger partial charge >= 0.3 is 21.3 Å². The van der Waals surface area contributed by atoms with Crippen LogP contribution in [0.1, 0.15) is 39.5 Å². The van der Waals surface area contributed by atoms with Gasteiger partial charge in [-0.2, -0.15) is 34.4 Å². The number of rotatable bonds is 8. The highest BCUT2D eigenvalue weighted by molar-refractivity contribution is 7.87. The number of halogens is 4. The normalized spacial score (nSPS) is 31.4. The van der Waals surface area contributed by atoms with Crippen LogP contribution in [0, 0.1) is 16.7 Å². The molecule has 0 heterocycles. The van der Waals surface area contributed by atoms with E-state index in [1.807, 2.05) is 0 Å². The van der Waals surface area contributed by atoms with E-state index in [0.717, 1.165) is 0 Å². The fraction of sp³-hybridized carbons (Fsp3) is 1.00. The SMILES string of the molecule is CC1(C)C2CCC1(CS(=O)(=O)OCCC(F)(F)C(F)(F)S(=O)(=O)O)C(O)C2. The van der Waals surface area contributed by atoms with Crippen molar-refractivity contribution in [3.63, 3.8) is 0 Å². The van der Waals surface area contributed by atoms with Crippen LogP contribution in [0.3, 0.4) is 0 Å². The van der Waals surface area contributed by atoms with Crippen LogP contribution in [0.2, 0.25) is 0 Å². The molecule has 27 heavy (non-hydrogen) atoms. The van der Waals surface area contributed by atoms with Crippen LogP contribution in [0.5, 0.6) is 0 Å². The van der Waals surface area contributed by atoms with Crippen molar-refractivity contribution >= 4 is 20.2 Å². The maximum Gasteiger partial charge on any atom is 0.431 e. The molecule has 0 aromatic heterocycles. The van der Waals surface area contributed by atoms with Gasteiger partial charge < -0.3 is 5.11 Å². The fourth-order valence-corrected chi connectivity index (χ4v) is 6.61. The van der Waals surface area contributed by atoms with E-state index < -0.39 is 67.1 Å². The molecule has 2 bridgehead atoms. The molecule has 0 aromatic carbocycles. The van der Waals surface area contributed by atoms with Crippen molar-refractivity contribution in [1.82, 2.24) is 0 Å². The Balaban J connectivity index is 2.06. The van der Waals surface area contributed by atoms with Gasteiger partial charge in [-0.1, -0.05) is 13.8 Å². The number of hydrogen-bond donors (Lipinski definition) is 2. The molecule has 0 aromatic rings. The summed E-state index contributed by atoms with van der Waals surface area (Å²) in [5.41, 5.74) is -1.57. The van der Waals surface area contributed by atoms with Gasteiger partial charge in [0.1, 0.15) is 0 Å². The van der Waals surface area contributed by atoms with Gasteiger partial charge in [0.05, 0.1) is 18.5 Å². The van der Waals surface area contributed by atoms with Crippen molar-refractivity contribution in [1.29, 1.82) is 0 Å². The molecule has 0 saturated heterocycles. The molecule has 2 saturated carbocycles. The van der Waals surface area contributed by atoms with E-state index in [-0.39, 0.29) is 5.92 Å². The fourth-order valence-electron chi connectivity index (χ4n) is 4.37. The smallest absolute Gasteiger partial charge is 0.392 e. The predicted molar refractivity (Wildman–Crippen MR) is 85.4 cm³/mol. The summed E-state index contributed by atoms with van der Waals surface area (Å²) in [4.78, 5) is 0. The lowest BCUT2D eigenvalue weighted by Crippen LogP contribution is -2.47. The maximum absolute atomic E-state index is 13.4. The average molecular weight is 442 g/mol. The Morgan fingerprint density at radius 3 is 2.11 bits per heavy atom. The Labute approximate surface area is 155 Å².